The molecule has 0 unspecified atom stereocenters. The van der Waals surface area contributed by atoms with Gasteiger partial charge in [-0.2, -0.15) is 0 Å². The van der Waals surface area contributed by atoms with Crippen LogP contribution in [-0.4, -0.2) is 17.6 Å². The highest BCUT2D eigenvalue weighted by Gasteiger charge is 2.35. The van der Waals surface area contributed by atoms with Gasteiger partial charge in [-0.05, 0) is 51.8 Å². The zero-order valence-electron chi connectivity index (χ0n) is 14.8. The van der Waals surface area contributed by atoms with Crippen molar-refractivity contribution in [2.24, 2.45) is 0 Å². The maximum absolute atomic E-state index is 12.4. The van der Waals surface area contributed by atoms with E-state index >= 15 is 0 Å². The number of hydrogen-bond acceptors (Lipinski definition) is 3. The fraction of sp³-hybridized carbons (Fsp3) is 0.350. The number of aryl methyl sites for hydroxylation is 2. The Morgan fingerprint density at radius 1 is 1.25 bits per heavy atom. The second-order valence-corrected chi connectivity index (χ2v) is 6.81. The maximum Gasteiger partial charge on any atom is 0.255 e. The van der Waals surface area contributed by atoms with Gasteiger partial charge in [-0.3, -0.25) is 4.79 Å². The van der Waals surface area contributed by atoms with Crippen molar-refractivity contribution in [3.63, 3.8) is 0 Å². The van der Waals surface area contributed by atoms with E-state index in [1.54, 1.807) is 0 Å². The van der Waals surface area contributed by atoms with Crippen LogP contribution in [0.4, 0.5) is 0 Å². The average Bonchev–Trinajstić information content (AvgIpc) is 2.45. The number of nitrogens with one attached hydrogen (secondary N) is 1. The number of benzene rings is 2. The zero-order chi connectivity index (χ0) is 17.6. The molecule has 1 aliphatic rings. The minimum absolute atomic E-state index is 0.0155. The largest absolute Gasteiger partial charge is 0.506 e. The Hall–Kier alpha value is -2.49. The van der Waals surface area contributed by atoms with Gasteiger partial charge in [-0.25, -0.2) is 0 Å². The van der Waals surface area contributed by atoms with Crippen LogP contribution in [0.1, 0.15) is 47.8 Å². The quantitative estimate of drug-likeness (QED) is 0.875. The summed E-state index contributed by atoms with van der Waals surface area (Å²) in [7, 11) is 0. The molecule has 0 bridgehead atoms. The first-order valence-corrected chi connectivity index (χ1v) is 8.21. The molecule has 126 valence electrons. The van der Waals surface area contributed by atoms with E-state index in [0.717, 1.165) is 16.7 Å². The number of amides is 1. The summed E-state index contributed by atoms with van der Waals surface area (Å²) in [6.07, 6.45) is 0. The summed E-state index contributed by atoms with van der Waals surface area (Å²) in [5.74, 6) is 0.328. The molecule has 2 N–H and O–H groups in total. The molecule has 4 heteroatoms. The van der Waals surface area contributed by atoms with Gasteiger partial charge >= 0.3 is 0 Å². The van der Waals surface area contributed by atoms with Gasteiger partial charge in [0.15, 0.2) is 0 Å². The van der Waals surface area contributed by atoms with Crippen LogP contribution in [-0.2, 0) is 5.60 Å². The lowest BCUT2D eigenvalue weighted by Crippen LogP contribution is -2.30. The van der Waals surface area contributed by atoms with Crippen molar-refractivity contribution >= 4 is 5.91 Å². The van der Waals surface area contributed by atoms with Crippen LogP contribution in [0.25, 0.3) is 11.1 Å². The fourth-order valence-corrected chi connectivity index (χ4v) is 3.37. The predicted molar refractivity (Wildman–Crippen MR) is 94.7 cm³/mol. The van der Waals surface area contributed by atoms with E-state index in [1.165, 1.54) is 0 Å². The maximum atomic E-state index is 12.4. The summed E-state index contributed by atoms with van der Waals surface area (Å²) in [4.78, 5) is 12.4. The molecule has 4 nitrogen and oxygen atoms in total. The lowest BCUT2D eigenvalue weighted by molar-refractivity contribution is 0.0951. The lowest BCUT2D eigenvalue weighted by Gasteiger charge is -2.36. The molecule has 0 aliphatic carbocycles. The number of carbonyl (C=O) groups excluding carboxylic acids is 1. The third kappa shape index (κ3) is 2.42. The van der Waals surface area contributed by atoms with E-state index in [4.69, 9.17) is 4.74 Å². The molecule has 0 radical (unpaired) electrons. The third-order valence-electron chi connectivity index (χ3n) is 4.48. The molecule has 0 saturated heterocycles. The van der Waals surface area contributed by atoms with Crippen molar-refractivity contribution in [1.82, 2.24) is 5.32 Å². The predicted octanol–water partition coefficient (Wildman–Crippen LogP) is 4.05. The number of ether oxygens (including phenoxy) is 1. The van der Waals surface area contributed by atoms with Gasteiger partial charge in [0, 0.05) is 12.1 Å². The summed E-state index contributed by atoms with van der Waals surface area (Å²) in [5, 5.41) is 13.6. The second-order valence-electron chi connectivity index (χ2n) is 6.81. The number of aromatic hydroxyl groups is 1. The van der Waals surface area contributed by atoms with Crippen LogP contribution >= 0.6 is 0 Å². The first kappa shape index (κ1) is 16.4. The number of phenolic OH excluding ortho intramolecular Hbond substituents is 1. The first-order chi connectivity index (χ1) is 11.3. The van der Waals surface area contributed by atoms with Gasteiger partial charge in [-0.15, -0.1) is 0 Å². The Balaban J connectivity index is 2.32. The van der Waals surface area contributed by atoms with Crippen molar-refractivity contribution < 1.29 is 14.6 Å². The van der Waals surface area contributed by atoms with Crippen molar-refractivity contribution in [2.75, 3.05) is 6.54 Å². The topological polar surface area (TPSA) is 58.6 Å². The van der Waals surface area contributed by atoms with E-state index in [2.05, 4.69) is 5.32 Å². The summed E-state index contributed by atoms with van der Waals surface area (Å²) >= 11 is 0. The molecule has 1 aliphatic heterocycles. The van der Waals surface area contributed by atoms with Crippen molar-refractivity contribution in [2.45, 2.75) is 40.2 Å². The second kappa shape index (κ2) is 5.55. The van der Waals surface area contributed by atoms with Gasteiger partial charge in [0.2, 0.25) is 0 Å². The standard InChI is InChI=1S/C20H23NO3/c1-6-21-19(23)16-12(3)10-15-17(18(16)22)13-9-11(2)7-8-14(13)20(4,5)24-15/h7-10,22H,6H2,1-5H3,(H,21,23). The number of fused-ring (bicyclic) bond motifs is 3. The molecule has 0 aromatic heterocycles. The van der Waals surface area contributed by atoms with E-state index in [9.17, 15) is 9.90 Å². The minimum Gasteiger partial charge on any atom is -0.506 e. The summed E-state index contributed by atoms with van der Waals surface area (Å²) < 4.78 is 6.15. The van der Waals surface area contributed by atoms with Crippen LogP contribution in [0.15, 0.2) is 24.3 Å². The first-order valence-electron chi connectivity index (χ1n) is 8.21. The normalized spacial score (nSPS) is 14.4. The zero-order valence-corrected chi connectivity index (χ0v) is 14.8. The van der Waals surface area contributed by atoms with E-state index in [-0.39, 0.29) is 11.7 Å². The molecule has 3 rings (SSSR count). The van der Waals surface area contributed by atoms with E-state index in [1.807, 2.05) is 58.9 Å². The Bertz CT molecular complexity index is 837. The average molecular weight is 325 g/mol. The monoisotopic (exact) mass is 325 g/mol. The fourth-order valence-electron chi connectivity index (χ4n) is 3.37. The summed E-state index contributed by atoms with van der Waals surface area (Å²) in [5.41, 5.74) is 4.13. The number of hydrogen-bond donors (Lipinski definition) is 2. The Kier molecular flexibility index (Phi) is 3.78. The molecule has 0 atom stereocenters. The molecule has 0 saturated carbocycles. The molecule has 24 heavy (non-hydrogen) atoms. The summed E-state index contributed by atoms with van der Waals surface area (Å²) in [6.45, 7) is 10.2. The van der Waals surface area contributed by atoms with E-state index < -0.39 is 5.60 Å². The van der Waals surface area contributed by atoms with E-state index in [0.29, 0.717) is 29.0 Å². The highest BCUT2D eigenvalue weighted by atomic mass is 16.5. The highest BCUT2D eigenvalue weighted by Crippen LogP contribution is 2.51. The van der Waals surface area contributed by atoms with Crippen molar-refractivity contribution in [3.05, 3.63) is 46.5 Å². The summed E-state index contributed by atoms with van der Waals surface area (Å²) in [6, 6.07) is 7.94. The Morgan fingerprint density at radius 2 is 1.96 bits per heavy atom. The van der Waals surface area contributed by atoms with Crippen molar-refractivity contribution in [1.29, 1.82) is 0 Å². The molecular formula is C20H23NO3. The van der Waals surface area contributed by atoms with Crippen LogP contribution < -0.4 is 10.1 Å². The molecule has 1 heterocycles. The van der Waals surface area contributed by atoms with Gasteiger partial charge in [0.05, 0.1) is 11.1 Å². The van der Waals surface area contributed by atoms with Gasteiger partial charge in [0.1, 0.15) is 17.1 Å². The number of carbonyl (C=O) groups is 1. The van der Waals surface area contributed by atoms with Gasteiger partial charge in [0.25, 0.3) is 5.91 Å². The van der Waals surface area contributed by atoms with Gasteiger partial charge < -0.3 is 15.2 Å². The number of phenols is 1. The molecule has 2 aromatic rings. The van der Waals surface area contributed by atoms with Crippen LogP contribution in [0.3, 0.4) is 0 Å². The van der Waals surface area contributed by atoms with Crippen molar-refractivity contribution in [3.8, 4) is 22.6 Å². The van der Waals surface area contributed by atoms with Crippen LogP contribution in [0, 0.1) is 13.8 Å². The Labute approximate surface area is 142 Å². The minimum atomic E-state index is -0.498. The van der Waals surface area contributed by atoms with Crippen LogP contribution in [0.2, 0.25) is 0 Å². The molecule has 0 fully saturated rings. The third-order valence-corrected chi connectivity index (χ3v) is 4.48. The molecule has 1 amide bonds. The Morgan fingerprint density at radius 3 is 2.62 bits per heavy atom. The molecule has 2 aromatic carbocycles. The molecule has 0 spiro atoms. The lowest BCUT2D eigenvalue weighted by atomic mass is 9.83. The van der Waals surface area contributed by atoms with Crippen LogP contribution in [0.5, 0.6) is 11.5 Å². The smallest absolute Gasteiger partial charge is 0.255 e. The number of rotatable bonds is 2. The highest BCUT2D eigenvalue weighted by molar-refractivity contribution is 6.02. The van der Waals surface area contributed by atoms with Gasteiger partial charge in [-0.1, -0.05) is 23.8 Å². The molecular weight excluding hydrogens is 302 g/mol. The SMILES string of the molecule is CCNC(=O)c1c(C)cc2c(c1O)-c1cc(C)ccc1C(C)(C)O2.